The Labute approximate surface area is 257 Å². The lowest BCUT2D eigenvalue weighted by atomic mass is 9.89. The fourth-order valence-corrected chi connectivity index (χ4v) is 6.97. The highest BCUT2D eigenvalue weighted by Gasteiger charge is 2.22. The largest absolute Gasteiger partial charge is 0.497 e. The van der Waals surface area contributed by atoms with E-state index in [1.54, 1.807) is 19.5 Å². The third kappa shape index (κ3) is 4.16. The van der Waals surface area contributed by atoms with Gasteiger partial charge in [-0.3, -0.25) is 0 Å². The minimum Gasteiger partial charge on any atom is -0.497 e. The molecule has 0 fully saturated rings. The van der Waals surface area contributed by atoms with Gasteiger partial charge < -0.3 is 9.30 Å². The first-order valence-electron chi connectivity index (χ1n) is 14.9. The maximum absolute atomic E-state index is 5.71. The topological polar surface area (TPSA) is 65.7 Å². The van der Waals surface area contributed by atoms with E-state index in [0.29, 0.717) is 11.3 Å². The van der Waals surface area contributed by atoms with Crippen molar-refractivity contribution < 1.29 is 4.74 Å². The van der Waals surface area contributed by atoms with Crippen LogP contribution < -0.4 is 4.74 Å². The third-order valence-electron chi connectivity index (χ3n) is 9.23. The number of nitrogens with zero attached hydrogens (tertiary/aromatic N) is 5. The number of ether oxygens (including phenoxy) is 1. The number of hydrogen-bond acceptors (Lipinski definition) is 5. The first-order valence-corrected chi connectivity index (χ1v) is 14.9. The van der Waals surface area contributed by atoms with E-state index < -0.39 is 0 Å². The number of rotatable bonds is 4. The molecule has 0 N–H and O–H groups in total. The molecule has 0 saturated carbocycles. The van der Waals surface area contributed by atoms with Gasteiger partial charge in [-0.2, -0.15) is 0 Å². The van der Waals surface area contributed by atoms with Crippen LogP contribution in [0, 0.1) is 48.5 Å². The van der Waals surface area contributed by atoms with Gasteiger partial charge >= 0.3 is 0 Å². The number of benzene rings is 4. The van der Waals surface area contributed by atoms with Crippen molar-refractivity contribution in [2.45, 2.75) is 48.5 Å². The fourth-order valence-electron chi connectivity index (χ4n) is 6.97. The highest BCUT2D eigenvalue weighted by molar-refractivity contribution is 6.11. The van der Waals surface area contributed by atoms with Crippen molar-refractivity contribution in [1.29, 1.82) is 0 Å². The zero-order valence-corrected chi connectivity index (χ0v) is 26.5. The Bertz CT molecular complexity index is 2270. The van der Waals surface area contributed by atoms with Crippen molar-refractivity contribution in [2.24, 2.45) is 0 Å². The van der Waals surface area contributed by atoms with Gasteiger partial charge in [-0.05, 0) is 129 Å². The van der Waals surface area contributed by atoms with Gasteiger partial charge in [-0.15, -0.1) is 0 Å². The van der Waals surface area contributed by atoms with Gasteiger partial charge in [0.2, 0.25) is 0 Å². The summed E-state index contributed by atoms with van der Waals surface area (Å²) in [6.07, 6.45) is 5.11. The minimum atomic E-state index is 0.541. The molecule has 0 aliphatic heterocycles. The second-order valence-corrected chi connectivity index (χ2v) is 11.9. The standard InChI is InChI=1S/C38H35N5O/c1-20-15-21(2)25(6)35(24(20)5)27-9-11-32-29(17-27)30-18-28(44-8)10-12-33(30)43(32)36-23(4)16-22(3)34(26(36)7)31-19-41-37-38(42-31)40-14-13-39-37/h9-19H,1-8H3. The fraction of sp³-hybridized carbons (Fsp3) is 0.211. The molecule has 6 heteroatoms. The average molecular weight is 578 g/mol. The third-order valence-corrected chi connectivity index (χ3v) is 9.23. The number of fused-ring (bicyclic) bond motifs is 4. The molecular weight excluding hydrogens is 542 g/mol. The molecule has 7 aromatic rings. The van der Waals surface area contributed by atoms with E-state index in [9.17, 15) is 0 Å². The lowest BCUT2D eigenvalue weighted by Gasteiger charge is -2.20. The zero-order chi connectivity index (χ0) is 30.9. The molecular formula is C38H35N5O. The van der Waals surface area contributed by atoms with Crippen molar-refractivity contribution in [3.8, 4) is 33.8 Å². The highest BCUT2D eigenvalue weighted by Crippen LogP contribution is 2.42. The summed E-state index contributed by atoms with van der Waals surface area (Å²) in [6, 6.07) is 17.8. The zero-order valence-electron chi connectivity index (χ0n) is 26.5. The van der Waals surface area contributed by atoms with Crippen molar-refractivity contribution in [2.75, 3.05) is 7.11 Å². The van der Waals surface area contributed by atoms with Crippen LogP contribution in [-0.4, -0.2) is 31.6 Å². The van der Waals surface area contributed by atoms with Crippen LogP contribution in [0.5, 0.6) is 5.75 Å². The molecule has 3 heterocycles. The van der Waals surface area contributed by atoms with Gasteiger partial charge in [0.25, 0.3) is 0 Å². The van der Waals surface area contributed by atoms with Gasteiger partial charge in [0.1, 0.15) is 5.75 Å². The van der Waals surface area contributed by atoms with Crippen molar-refractivity contribution in [3.05, 3.63) is 106 Å². The maximum Gasteiger partial charge on any atom is 0.198 e. The molecule has 0 radical (unpaired) electrons. The Morgan fingerprint density at radius 2 is 1.23 bits per heavy atom. The van der Waals surface area contributed by atoms with Gasteiger partial charge in [0.05, 0.1) is 35.7 Å². The van der Waals surface area contributed by atoms with E-state index in [2.05, 4.69) is 110 Å². The Hall–Kier alpha value is -5.10. The van der Waals surface area contributed by atoms with Gasteiger partial charge in [0.15, 0.2) is 11.3 Å². The second-order valence-electron chi connectivity index (χ2n) is 11.9. The Morgan fingerprint density at radius 3 is 1.93 bits per heavy atom. The summed E-state index contributed by atoms with van der Waals surface area (Å²) < 4.78 is 8.11. The lowest BCUT2D eigenvalue weighted by molar-refractivity contribution is 0.415. The number of hydrogen-bond donors (Lipinski definition) is 0. The maximum atomic E-state index is 5.71. The average Bonchev–Trinajstić information content (AvgIpc) is 3.32. The molecule has 7 rings (SSSR count). The molecule has 3 aromatic heterocycles. The number of aromatic nitrogens is 5. The number of aryl methyl sites for hydroxylation is 4. The molecule has 0 spiro atoms. The first-order chi connectivity index (χ1) is 21.2. The summed E-state index contributed by atoms with van der Waals surface area (Å²) in [5, 5.41) is 2.35. The molecule has 0 aliphatic rings. The molecule has 6 nitrogen and oxygen atoms in total. The lowest BCUT2D eigenvalue weighted by Crippen LogP contribution is -2.05. The van der Waals surface area contributed by atoms with E-state index in [1.807, 2.05) is 12.3 Å². The molecule has 0 saturated heterocycles. The Kier molecular flexibility index (Phi) is 6.47. The predicted molar refractivity (Wildman–Crippen MR) is 180 cm³/mol. The van der Waals surface area contributed by atoms with Crippen LogP contribution in [0.15, 0.2) is 67.1 Å². The van der Waals surface area contributed by atoms with Crippen LogP contribution in [0.3, 0.4) is 0 Å². The van der Waals surface area contributed by atoms with Crippen molar-refractivity contribution in [1.82, 2.24) is 24.5 Å². The first kappa shape index (κ1) is 27.7. The van der Waals surface area contributed by atoms with Crippen LogP contribution in [0.2, 0.25) is 0 Å². The quantitative estimate of drug-likeness (QED) is 0.209. The van der Waals surface area contributed by atoms with Gasteiger partial charge in [-0.1, -0.05) is 18.2 Å². The summed E-state index contributed by atoms with van der Waals surface area (Å²) >= 11 is 0. The Balaban J connectivity index is 1.54. The molecule has 4 aromatic carbocycles. The summed E-state index contributed by atoms with van der Waals surface area (Å²) in [5.74, 6) is 0.839. The summed E-state index contributed by atoms with van der Waals surface area (Å²) in [4.78, 5) is 18.2. The molecule has 0 atom stereocenters. The van der Waals surface area contributed by atoms with Crippen molar-refractivity contribution >= 4 is 33.1 Å². The second kappa shape index (κ2) is 10.3. The van der Waals surface area contributed by atoms with Crippen molar-refractivity contribution in [3.63, 3.8) is 0 Å². The smallest absolute Gasteiger partial charge is 0.198 e. The van der Waals surface area contributed by atoms with Gasteiger partial charge in [-0.25, -0.2) is 19.9 Å². The van der Waals surface area contributed by atoms with Gasteiger partial charge in [0, 0.05) is 28.7 Å². The summed E-state index contributed by atoms with van der Waals surface area (Å²) in [7, 11) is 1.73. The van der Waals surface area contributed by atoms with Crippen LogP contribution in [0.4, 0.5) is 0 Å². The molecule has 0 aliphatic carbocycles. The Morgan fingerprint density at radius 1 is 0.591 bits per heavy atom. The van der Waals surface area contributed by atoms with E-state index in [4.69, 9.17) is 9.72 Å². The van der Waals surface area contributed by atoms with E-state index >= 15 is 0 Å². The summed E-state index contributed by atoms with van der Waals surface area (Å²) in [6.45, 7) is 15.4. The molecule has 44 heavy (non-hydrogen) atoms. The molecule has 0 amide bonds. The molecule has 0 bridgehead atoms. The normalized spacial score (nSPS) is 11.6. The predicted octanol–water partition coefficient (Wildman–Crippen LogP) is 9.02. The monoisotopic (exact) mass is 577 g/mol. The highest BCUT2D eigenvalue weighted by atomic mass is 16.5. The molecule has 0 unspecified atom stereocenters. The van der Waals surface area contributed by atoms with Crippen LogP contribution in [-0.2, 0) is 0 Å². The van der Waals surface area contributed by atoms with Crippen LogP contribution >= 0.6 is 0 Å². The molecule has 218 valence electrons. The minimum absolute atomic E-state index is 0.541. The summed E-state index contributed by atoms with van der Waals surface area (Å²) in [5.41, 5.74) is 17.6. The van der Waals surface area contributed by atoms with E-state index in [1.165, 1.54) is 44.3 Å². The van der Waals surface area contributed by atoms with Crippen LogP contribution in [0.1, 0.15) is 38.9 Å². The van der Waals surface area contributed by atoms with Crippen LogP contribution in [0.25, 0.3) is 61.2 Å². The van der Waals surface area contributed by atoms with E-state index in [-0.39, 0.29) is 0 Å². The van der Waals surface area contributed by atoms with E-state index in [0.717, 1.165) is 50.2 Å². The number of methoxy groups -OCH3 is 1. The SMILES string of the molecule is COc1ccc2c(c1)c1cc(-c3c(C)c(C)cc(C)c3C)ccc1n2-c1c(C)cc(C)c(-c2cnc3nccnc3n2)c1C.